The van der Waals surface area contributed by atoms with E-state index in [0.717, 1.165) is 0 Å². The van der Waals surface area contributed by atoms with Crippen LogP contribution in [0.15, 0.2) is 48.5 Å². The summed E-state index contributed by atoms with van der Waals surface area (Å²) in [6.45, 7) is 4.98. The lowest BCUT2D eigenvalue weighted by Gasteiger charge is -2.40. The molecule has 0 bridgehead atoms. The average molecular weight is 440 g/mol. The number of hydrogen-bond acceptors (Lipinski definition) is 5. The second-order valence-electron chi connectivity index (χ2n) is 7.70. The molecule has 1 aliphatic heterocycles. The van der Waals surface area contributed by atoms with Gasteiger partial charge in [0.15, 0.2) is 6.10 Å². The van der Waals surface area contributed by atoms with E-state index in [1.54, 1.807) is 54.1 Å². The van der Waals surface area contributed by atoms with Crippen LogP contribution < -0.4 is 14.8 Å². The lowest BCUT2D eigenvalue weighted by atomic mass is 10.1. The fraction of sp³-hybridized carbons (Fsp3) is 0.375. The van der Waals surface area contributed by atoms with Crippen LogP contribution in [0.4, 0.5) is 0 Å². The second-order valence-corrected chi connectivity index (χ2v) is 7.70. The van der Waals surface area contributed by atoms with E-state index in [2.05, 4.69) is 5.32 Å². The zero-order valence-electron chi connectivity index (χ0n) is 18.8. The van der Waals surface area contributed by atoms with Crippen molar-refractivity contribution in [1.29, 1.82) is 0 Å². The van der Waals surface area contributed by atoms with Crippen molar-refractivity contribution in [3.63, 3.8) is 0 Å². The molecule has 1 heterocycles. The van der Waals surface area contributed by atoms with Crippen LogP contribution in [0, 0.1) is 0 Å². The van der Waals surface area contributed by atoms with Crippen LogP contribution in [0.3, 0.4) is 0 Å². The molecule has 0 aromatic heterocycles. The van der Waals surface area contributed by atoms with E-state index < -0.39 is 6.10 Å². The Morgan fingerprint density at radius 1 is 1.09 bits per heavy atom. The maximum absolute atomic E-state index is 13.0. The molecule has 170 valence electrons. The van der Waals surface area contributed by atoms with Crippen molar-refractivity contribution in [3.05, 3.63) is 59.7 Å². The van der Waals surface area contributed by atoms with E-state index in [0.29, 0.717) is 42.3 Å². The topological polar surface area (TPSA) is 88.2 Å². The maximum atomic E-state index is 13.0. The molecule has 0 aliphatic carbocycles. The first-order valence-electron chi connectivity index (χ1n) is 10.6. The standard InChI is InChI=1S/C24H29N3O5/c1-16-15-26(24(30)18-8-6-5-7-9-18)12-13-27(16)23(29)17(2)32-19-10-11-20(22(28)25-3)21(14-19)31-4/h5-11,14,16-17H,12-13,15H2,1-4H3,(H,25,28)/t16-,17-/m1/s1. The molecule has 8 nitrogen and oxygen atoms in total. The summed E-state index contributed by atoms with van der Waals surface area (Å²) < 4.78 is 11.1. The highest BCUT2D eigenvalue weighted by molar-refractivity contribution is 5.97. The number of ether oxygens (including phenoxy) is 2. The minimum Gasteiger partial charge on any atom is -0.496 e. The molecule has 32 heavy (non-hydrogen) atoms. The summed E-state index contributed by atoms with van der Waals surface area (Å²) >= 11 is 0. The predicted molar refractivity (Wildman–Crippen MR) is 120 cm³/mol. The van der Waals surface area contributed by atoms with Gasteiger partial charge in [0.1, 0.15) is 11.5 Å². The molecule has 3 amide bonds. The lowest BCUT2D eigenvalue weighted by molar-refractivity contribution is -0.142. The van der Waals surface area contributed by atoms with E-state index in [4.69, 9.17) is 9.47 Å². The zero-order valence-corrected chi connectivity index (χ0v) is 18.8. The van der Waals surface area contributed by atoms with Crippen LogP contribution >= 0.6 is 0 Å². The number of piperazine rings is 1. The Kier molecular flexibility index (Phi) is 7.35. The van der Waals surface area contributed by atoms with Gasteiger partial charge in [0.25, 0.3) is 17.7 Å². The van der Waals surface area contributed by atoms with Gasteiger partial charge in [-0.3, -0.25) is 14.4 Å². The van der Waals surface area contributed by atoms with Crippen molar-refractivity contribution >= 4 is 17.7 Å². The molecular formula is C24H29N3O5. The molecule has 2 atom stereocenters. The largest absolute Gasteiger partial charge is 0.496 e. The van der Waals surface area contributed by atoms with E-state index in [-0.39, 0.29) is 23.8 Å². The number of carbonyl (C=O) groups is 3. The van der Waals surface area contributed by atoms with Crippen molar-refractivity contribution in [2.45, 2.75) is 26.0 Å². The molecule has 0 unspecified atom stereocenters. The van der Waals surface area contributed by atoms with Gasteiger partial charge in [0, 0.05) is 44.4 Å². The highest BCUT2D eigenvalue weighted by Gasteiger charge is 2.33. The molecule has 1 aliphatic rings. The third kappa shape index (κ3) is 5.01. The Labute approximate surface area is 188 Å². The quantitative estimate of drug-likeness (QED) is 0.746. The van der Waals surface area contributed by atoms with Gasteiger partial charge in [-0.25, -0.2) is 0 Å². The lowest BCUT2D eigenvalue weighted by Crippen LogP contribution is -2.57. The molecule has 2 aromatic rings. The Hall–Kier alpha value is -3.55. The normalized spacial score (nSPS) is 16.8. The van der Waals surface area contributed by atoms with Gasteiger partial charge in [0.2, 0.25) is 0 Å². The molecule has 2 aromatic carbocycles. The minimum atomic E-state index is -0.732. The van der Waals surface area contributed by atoms with Gasteiger partial charge >= 0.3 is 0 Å². The van der Waals surface area contributed by atoms with Gasteiger partial charge in [-0.2, -0.15) is 0 Å². The summed E-state index contributed by atoms with van der Waals surface area (Å²) in [5.74, 6) is 0.342. The zero-order chi connectivity index (χ0) is 23.3. The van der Waals surface area contributed by atoms with Crippen LogP contribution in [-0.2, 0) is 4.79 Å². The summed E-state index contributed by atoms with van der Waals surface area (Å²) in [6, 6.07) is 13.8. The van der Waals surface area contributed by atoms with E-state index in [1.807, 2.05) is 25.1 Å². The van der Waals surface area contributed by atoms with Gasteiger partial charge in [0.05, 0.1) is 12.7 Å². The minimum absolute atomic E-state index is 0.0304. The molecule has 0 spiro atoms. The summed E-state index contributed by atoms with van der Waals surface area (Å²) in [6.07, 6.45) is -0.732. The molecule has 1 N–H and O–H groups in total. The van der Waals surface area contributed by atoms with Crippen LogP contribution in [0.1, 0.15) is 34.6 Å². The van der Waals surface area contributed by atoms with E-state index in [1.165, 1.54) is 7.11 Å². The monoisotopic (exact) mass is 439 g/mol. The first kappa shape index (κ1) is 23.1. The Morgan fingerprint density at radius 3 is 2.44 bits per heavy atom. The second kappa shape index (κ2) is 10.2. The SMILES string of the molecule is CNC(=O)c1ccc(O[C@H](C)C(=O)N2CCN(C(=O)c3ccccc3)C[C@H]2C)cc1OC. The smallest absolute Gasteiger partial charge is 0.263 e. The third-order valence-corrected chi connectivity index (χ3v) is 5.52. The fourth-order valence-corrected chi connectivity index (χ4v) is 3.79. The number of benzene rings is 2. The van der Waals surface area contributed by atoms with Crippen LogP contribution in [0.2, 0.25) is 0 Å². The van der Waals surface area contributed by atoms with E-state index in [9.17, 15) is 14.4 Å². The van der Waals surface area contributed by atoms with Crippen LogP contribution in [-0.4, -0.2) is 73.5 Å². The number of carbonyl (C=O) groups excluding carboxylic acids is 3. The summed E-state index contributed by atoms with van der Waals surface area (Å²) in [5, 5.41) is 2.56. The molecule has 1 saturated heterocycles. The molecule has 0 saturated carbocycles. The van der Waals surface area contributed by atoms with Crippen molar-refractivity contribution in [2.75, 3.05) is 33.8 Å². The fourth-order valence-electron chi connectivity index (χ4n) is 3.79. The van der Waals surface area contributed by atoms with Gasteiger partial charge in [-0.1, -0.05) is 18.2 Å². The summed E-state index contributed by atoms with van der Waals surface area (Å²) in [4.78, 5) is 41.2. The van der Waals surface area contributed by atoms with Gasteiger partial charge < -0.3 is 24.6 Å². The summed E-state index contributed by atoms with van der Waals surface area (Å²) in [7, 11) is 3.01. The Bertz CT molecular complexity index is 979. The number of nitrogens with one attached hydrogen (secondary N) is 1. The van der Waals surface area contributed by atoms with Crippen molar-refractivity contribution in [1.82, 2.24) is 15.1 Å². The number of methoxy groups -OCH3 is 1. The molecular weight excluding hydrogens is 410 g/mol. The number of hydrogen-bond donors (Lipinski definition) is 1. The maximum Gasteiger partial charge on any atom is 0.263 e. The Balaban J connectivity index is 1.63. The van der Waals surface area contributed by atoms with E-state index >= 15 is 0 Å². The summed E-state index contributed by atoms with van der Waals surface area (Å²) in [5.41, 5.74) is 1.03. The predicted octanol–water partition coefficient (Wildman–Crippen LogP) is 2.20. The first-order chi connectivity index (χ1) is 15.3. The number of nitrogens with zero attached hydrogens (tertiary/aromatic N) is 2. The molecule has 3 rings (SSSR count). The molecule has 0 radical (unpaired) electrons. The highest BCUT2D eigenvalue weighted by atomic mass is 16.5. The van der Waals surface area contributed by atoms with Crippen LogP contribution in [0.5, 0.6) is 11.5 Å². The van der Waals surface area contributed by atoms with Crippen molar-refractivity contribution in [2.24, 2.45) is 0 Å². The van der Waals surface area contributed by atoms with Gasteiger partial charge in [-0.05, 0) is 38.1 Å². The van der Waals surface area contributed by atoms with Crippen LogP contribution in [0.25, 0.3) is 0 Å². The number of rotatable bonds is 6. The van der Waals surface area contributed by atoms with Crippen molar-refractivity contribution < 1.29 is 23.9 Å². The Morgan fingerprint density at radius 2 is 1.81 bits per heavy atom. The first-order valence-corrected chi connectivity index (χ1v) is 10.6. The highest BCUT2D eigenvalue weighted by Crippen LogP contribution is 2.26. The third-order valence-electron chi connectivity index (χ3n) is 5.52. The molecule has 1 fully saturated rings. The number of amides is 3. The molecule has 8 heteroatoms. The van der Waals surface area contributed by atoms with Crippen molar-refractivity contribution in [3.8, 4) is 11.5 Å². The van der Waals surface area contributed by atoms with Gasteiger partial charge in [-0.15, -0.1) is 0 Å². The average Bonchev–Trinajstić information content (AvgIpc) is 2.82.